The number of nitrogens with one attached hydrogen (secondary N) is 1. The average molecular weight is 563 g/mol. The maximum atomic E-state index is 11.4. The first-order valence-electron chi connectivity index (χ1n) is 10.0. The molecule has 0 fully saturated rings. The minimum Gasteiger partial charge on any atom is -0.475 e. The van der Waals surface area contributed by atoms with E-state index in [0.29, 0.717) is 6.54 Å². The summed E-state index contributed by atoms with van der Waals surface area (Å²) in [5.74, 6) is -5.51. The standard InChI is InChI=1S/C15H21N5O2S.2C2HF3O2/c1-12-4-3-5-13(18-12)9-19-10-14-6-7-16-20(14)15(11-19)8-17-23(2,21)22;2*3-2(4,5)1(6)7/h3-7,15,17H,8-11H2,1-2H3;2*(H,6,7). The highest BCUT2D eigenvalue weighted by Gasteiger charge is 2.38. The molecule has 18 heteroatoms. The molecule has 1 unspecified atom stereocenters. The van der Waals surface area contributed by atoms with E-state index in [-0.39, 0.29) is 6.04 Å². The number of aryl methyl sites for hydroxylation is 1. The molecule has 37 heavy (non-hydrogen) atoms. The minimum absolute atomic E-state index is 0.0201. The second-order valence-electron chi connectivity index (χ2n) is 7.59. The molecule has 2 aromatic rings. The fourth-order valence-corrected chi connectivity index (χ4v) is 3.40. The Morgan fingerprint density at radius 2 is 1.62 bits per heavy atom. The predicted octanol–water partition coefficient (Wildman–Crippen LogP) is 1.96. The Bertz CT molecular complexity index is 1140. The number of hydrogen-bond acceptors (Lipinski definition) is 7. The number of pyridine rings is 1. The van der Waals surface area contributed by atoms with Crippen molar-refractivity contribution >= 4 is 22.0 Å². The molecular formula is C19H23F6N5O6S. The first-order chi connectivity index (χ1) is 16.8. The van der Waals surface area contributed by atoms with Crippen LogP contribution in [0.3, 0.4) is 0 Å². The molecule has 0 saturated heterocycles. The van der Waals surface area contributed by atoms with E-state index in [1.165, 1.54) is 6.26 Å². The molecule has 0 saturated carbocycles. The Balaban J connectivity index is 0.000000404. The number of hydrogen-bond donors (Lipinski definition) is 3. The molecule has 1 atom stereocenters. The molecule has 3 rings (SSSR count). The number of sulfonamides is 1. The van der Waals surface area contributed by atoms with E-state index in [9.17, 15) is 34.8 Å². The van der Waals surface area contributed by atoms with Crippen molar-refractivity contribution in [3.05, 3.63) is 47.5 Å². The van der Waals surface area contributed by atoms with Gasteiger partial charge in [-0.2, -0.15) is 31.4 Å². The smallest absolute Gasteiger partial charge is 0.475 e. The van der Waals surface area contributed by atoms with Crippen molar-refractivity contribution in [3.63, 3.8) is 0 Å². The molecule has 0 radical (unpaired) electrons. The summed E-state index contributed by atoms with van der Waals surface area (Å²) >= 11 is 0. The van der Waals surface area contributed by atoms with Gasteiger partial charge in [0.25, 0.3) is 0 Å². The maximum absolute atomic E-state index is 11.4. The van der Waals surface area contributed by atoms with Crippen molar-refractivity contribution < 1.29 is 54.6 Å². The lowest BCUT2D eigenvalue weighted by molar-refractivity contribution is -0.193. The van der Waals surface area contributed by atoms with Crippen molar-refractivity contribution in [3.8, 4) is 0 Å². The van der Waals surface area contributed by atoms with E-state index in [4.69, 9.17) is 19.8 Å². The van der Waals surface area contributed by atoms with Crippen molar-refractivity contribution in [1.82, 2.24) is 24.4 Å². The number of rotatable bonds is 5. The third-order valence-electron chi connectivity index (χ3n) is 4.35. The highest BCUT2D eigenvalue weighted by molar-refractivity contribution is 7.88. The number of aromatic nitrogens is 3. The normalized spacial score (nSPS) is 15.9. The quantitative estimate of drug-likeness (QED) is 0.463. The van der Waals surface area contributed by atoms with Crippen LogP contribution in [0.2, 0.25) is 0 Å². The summed E-state index contributed by atoms with van der Waals surface area (Å²) in [4.78, 5) is 24.6. The fraction of sp³-hybridized carbons (Fsp3) is 0.474. The van der Waals surface area contributed by atoms with Gasteiger partial charge in [0.1, 0.15) is 0 Å². The van der Waals surface area contributed by atoms with Crippen LogP contribution in [0.25, 0.3) is 0 Å². The Morgan fingerprint density at radius 1 is 1.08 bits per heavy atom. The van der Waals surface area contributed by atoms with Crippen molar-refractivity contribution in [1.29, 1.82) is 0 Å². The molecule has 2 aromatic heterocycles. The zero-order chi connectivity index (χ0) is 28.6. The lowest BCUT2D eigenvalue weighted by Gasteiger charge is -2.33. The summed E-state index contributed by atoms with van der Waals surface area (Å²) in [6, 6.07) is 7.96. The number of halogens is 6. The van der Waals surface area contributed by atoms with Gasteiger partial charge in [-0.15, -0.1) is 0 Å². The second kappa shape index (κ2) is 12.8. The largest absolute Gasteiger partial charge is 0.490 e. The van der Waals surface area contributed by atoms with E-state index in [2.05, 4.69) is 19.7 Å². The van der Waals surface area contributed by atoms with Gasteiger partial charge >= 0.3 is 24.3 Å². The van der Waals surface area contributed by atoms with Gasteiger partial charge in [0.2, 0.25) is 10.0 Å². The predicted molar refractivity (Wildman–Crippen MR) is 115 cm³/mol. The number of fused-ring (bicyclic) bond motifs is 1. The molecule has 3 heterocycles. The Kier molecular flexibility index (Phi) is 11.0. The first kappa shape index (κ1) is 31.8. The number of carboxylic acid groups (broad SMARTS) is 2. The van der Waals surface area contributed by atoms with Gasteiger partial charge in [-0.1, -0.05) is 6.07 Å². The van der Waals surface area contributed by atoms with Crippen LogP contribution >= 0.6 is 0 Å². The monoisotopic (exact) mass is 563 g/mol. The van der Waals surface area contributed by atoms with Gasteiger partial charge in [-0.3, -0.25) is 14.6 Å². The number of carboxylic acids is 2. The molecule has 3 N–H and O–H groups in total. The van der Waals surface area contributed by atoms with Gasteiger partial charge in [0.15, 0.2) is 0 Å². The minimum atomic E-state index is -5.08. The molecular weight excluding hydrogens is 540 g/mol. The van der Waals surface area contributed by atoms with Crippen molar-refractivity contribution in [2.45, 2.75) is 38.4 Å². The molecule has 1 aliphatic heterocycles. The molecule has 208 valence electrons. The average Bonchev–Trinajstić information content (AvgIpc) is 3.20. The first-order valence-corrected chi connectivity index (χ1v) is 11.9. The highest BCUT2D eigenvalue weighted by Crippen LogP contribution is 2.21. The second-order valence-corrected chi connectivity index (χ2v) is 9.42. The zero-order valence-electron chi connectivity index (χ0n) is 19.3. The topological polar surface area (TPSA) is 155 Å². The number of alkyl halides is 6. The summed E-state index contributed by atoms with van der Waals surface area (Å²) < 4.78 is 90.7. The van der Waals surface area contributed by atoms with Crippen LogP contribution in [0.1, 0.15) is 23.1 Å². The van der Waals surface area contributed by atoms with Crippen LogP contribution in [-0.4, -0.2) is 81.9 Å². The van der Waals surface area contributed by atoms with Crippen LogP contribution in [0.5, 0.6) is 0 Å². The Morgan fingerprint density at radius 3 is 2.08 bits per heavy atom. The molecule has 0 spiro atoms. The Labute approximate surface area is 206 Å². The molecule has 0 aliphatic carbocycles. The van der Waals surface area contributed by atoms with Crippen LogP contribution in [0.15, 0.2) is 30.5 Å². The van der Waals surface area contributed by atoms with Gasteiger partial charge < -0.3 is 10.2 Å². The van der Waals surface area contributed by atoms with E-state index in [0.717, 1.165) is 36.7 Å². The SMILES string of the molecule is Cc1cccc(CN2Cc3ccnn3C(CNS(C)(=O)=O)C2)n1.O=C(O)C(F)(F)F.O=C(O)C(F)(F)F. The summed E-state index contributed by atoms with van der Waals surface area (Å²) in [6.45, 7) is 4.57. The lowest BCUT2D eigenvalue weighted by atomic mass is 10.2. The number of aliphatic carboxylic acids is 2. The van der Waals surface area contributed by atoms with E-state index in [1.807, 2.05) is 35.9 Å². The third kappa shape index (κ3) is 12.0. The summed E-state index contributed by atoms with van der Waals surface area (Å²) in [6.07, 6.45) is -7.23. The van der Waals surface area contributed by atoms with E-state index in [1.54, 1.807) is 6.20 Å². The molecule has 11 nitrogen and oxygen atoms in total. The van der Waals surface area contributed by atoms with Gasteiger partial charge in [0.05, 0.1) is 23.7 Å². The van der Waals surface area contributed by atoms with Crippen molar-refractivity contribution in [2.75, 3.05) is 19.3 Å². The van der Waals surface area contributed by atoms with Crippen LogP contribution in [0, 0.1) is 6.92 Å². The van der Waals surface area contributed by atoms with Gasteiger partial charge in [-0.05, 0) is 25.1 Å². The summed E-state index contributed by atoms with van der Waals surface area (Å²) in [5.41, 5.74) is 3.11. The van der Waals surface area contributed by atoms with Crippen LogP contribution in [-0.2, 0) is 32.7 Å². The van der Waals surface area contributed by atoms with Crippen LogP contribution in [0.4, 0.5) is 26.3 Å². The van der Waals surface area contributed by atoms with Crippen molar-refractivity contribution in [2.24, 2.45) is 0 Å². The maximum Gasteiger partial charge on any atom is 0.490 e. The summed E-state index contributed by atoms with van der Waals surface area (Å²) in [5, 5.41) is 18.6. The van der Waals surface area contributed by atoms with E-state index < -0.39 is 34.3 Å². The Hall–Kier alpha value is -3.25. The third-order valence-corrected chi connectivity index (χ3v) is 5.04. The van der Waals surface area contributed by atoms with Crippen LogP contribution < -0.4 is 4.72 Å². The highest BCUT2D eigenvalue weighted by atomic mass is 32.2. The van der Waals surface area contributed by atoms with Gasteiger partial charge in [-0.25, -0.2) is 22.7 Å². The molecule has 1 aliphatic rings. The number of nitrogens with zero attached hydrogens (tertiary/aromatic N) is 4. The summed E-state index contributed by atoms with van der Waals surface area (Å²) in [7, 11) is -3.21. The number of carbonyl (C=O) groups is 2. The zero-order valence-corrected chi connectivity index (χ0v) is 20.1. The lowest BCUT2D eigenvalue weighted by Crippen LogP contribution is -2.42. The fourth-order valence-electron chi connectivity index (χ4n) is 2.90. The van der Waals surface area contributed by atoms with E-state index >= 15 is 0 Å². The molecule has 0 aromatic carbocycles. The molecule has 0 amide bonds. The molecule has 0 bridgehead atoms. The van der Waals surface area contributed by atoms with Gasteiger partial charge in [0, 0.05) is 38.1 Å².